The summed E-state index contributed by atoms with van der Waals surface area (Å²) in [5.74, 6) is 0.994. The molecular formula is C24H23N5O5S. The number of carbonyl (C=O) groups excluding carboxylic acids is 2. The Bertz CT molecular complexity index is 1400. The van der Waals surface area contributed by atoms with Crippen molar-refractivity contribution in [2.75, 3.05) is 17.7 Å². The fraction of sp³-hybridized carbons (Fsp3) is 0.208. The number of amides is 1. The third-order valence-corrected chi connectivity index (χ3v) is 5.58. The molecule has 1 amide bonds. The van der Waals surface area contributed by atoms with Gasteiger partial charge in [0.15, 0.2) is 5.13 Å². The standard InChI is InChI=1S/C24H23N5O5S/c1-13-5-6-16(9-21(13)34-15(3)31)26-22-19-10-18(32-4)7-8-20(19)28-23(29-22)33-11-17-12-35-24(27-17)25-14(2)30/h5-10,12H,11H2,1-4H3,(H,25,27,30)(H,26,28,29). The van der Waals surface area contributed by atoms with Gasteiger partial charge < -0.3 is 24.8 Å². The number of aromatic nitrogens is 3. The number of nitrogens with one attached hydrogen (secondary N) is 2. The van der Waals surface area contributed by atoms with Crippen LogP contribution in [0.25, 0.3) is 10.9 Å². The molecule has 0 fully saturated rings. The van der Waals surface area contributed by atoms with E-state index in [1.165, 1.54) is 25.2 Å². The lowest BCUT2D eigenvalue weighted by atomic mass is 10.2. The summed E-state index contributed by atoms with van der Waals surface area (Å²) in [5.41, 5.74) is 2.77. The Balaban J connectivity index is 1.64. The van der Waals surface area contributed by atoms with Crippen molar-refractivity contribution >= 4 is 50.8 Å². The van der Waals surface area contributed by atoms with Gasteiger partial charge in [-0.25, -0.2) is 4.98 Å². The van der Waals surface area contributed by atoms with Crippen LogP contribution in [-0.4, -0.2) is 33.9 Å². The van der Waals surface area contributed by atoms with Gasteiger partial charge in [0.2, 0.25) is 5.91 Å². The Labute approximate surface area is 205 Å². The molecule has 0 aliphatic carbocycles. The van der Waals surface area contributed by atoms with Crippen LogP contribution in [0.15, 0.2) is 41.8 Å². The van der Waals surface area contributed by atoms with Gasteiger partial charge in [0.25, 0.3) is 0 Å². The Hall–Kier alpha value is -4.25. The van der Waals surface area contributed by atoms with Gasteiger partial charge in [-0.1, -0.05) is 6.07 Å². The van der Waals surface area contributed by atoms with Gasteiger partial charge in [0.1, 0.15) is 23.9 Å². The van der Waals surface area contributed by atoms with E-state index in [4.69, 9.17) is 14.2 Å². The molecule has 0 saturated heterocycles. The van der Waals surface area contributed by atoms with Gasteiger partial charge in [-0.05, 0) is 36.8 Å². The van der Waals surface area contributed by atoms with Gasteiger partial charge >= 0.3 is 12.0 Å². The van der Waals surface area contributed by atoms with Crippen molar-refractivity contribution in [3.05, 3.63) is 53.0 Å². The van der Waals surface area contributed by atoms with Crippen molar-refractivity contribution in [3.63, 3.8) is 0 Å². The van der Waals surface area contributed by atoms with Crippen molar-refractivity contribution < 1.29 is 23.8 Å². The molecule has 0 saturated carbocycles. The maximum Gasteiger partial charge on any atom is 0.319 e. The van der Waals surface area contributed by atoms with Crippen LogP contribution in [0.3, 0.4) is 0 Å². The number of ether oxygens (including phenoxy) is 3. The fourth-order valence-corrected chi connectivity index (χ4v) is 3.91. The summed E-state index contributed by atoms with van der Waals surface area (Å²) in [6, 6.07) is 11.0. The van der Waals surface area contributed by atoms with E-state index in [0.29, 0.717) is 44.7 Å². The molecule has 4 rings (SSSR count). The Morgan fingerprint density at radius 2 is 1.89 bits per heavy atom. The third kappa shape index (κ3) is 6.01. The van der Waals surface area contributed by atoms with Gasteiger partial charge in [0.05, 0.1) is 18.3 Å². The number of thiazole rings is 1. The van der Waals surface area contributed by atoms with E-state index in [1.54, 1.807) is 24.6 Å². The van der Waals surface area contributed by atoms with Gasteiger partial charge in [-0.3, -0.25) is 9.59 Å². The minimum Gasteiger partial charge on any atom is -0.497 e. The molecule has 0 radical (unpaired) electrons. The second kappa shape index (κ2) is 10.3. The Morgan fingerprint density at radius 3 is 2.63 bits per heavy atom. The van der Waals surface area contributed by atoms with Crippen molar-refractivity contribution in [2.45, 2.75) is 27.4 Å². The van der Waals surface area contributed by atoms with Crippen molar-refractivity contribution in [2.24, 2.45) is 0 Å². The topological polar surface area (TPSA) is 125 Å². The summed E-state index contributed by atoms with van der Waals surface area (Å²) in [6.45, 7) is 4.76. The summed E-state index contributed by atoms with van der Waals surface area (Å²) in [5, 5.41) is 8.91. The number of rotatable bonds is 8. The number of hydrogen-bond donors (Lipinski definition) is 2. The number of aryl methyl sites for hydroxylation is 1. The van der Waals surface area contributed by atoms with E-state index in [1.807, 2.05) is 31.2 Å². The third-order valence-electron chi connectivity index (χ3n) is 4.77. The van der Waals surface area contributed by atoms with E-state index < -0.39 is 5.97 Å². The number of anilines is 3. The SMILES string of the molecule is COc1ccc2nc(OCc3csc(NC(C)=O)n3)nc(Nc3ccc(C)c(OC(C)=O)c3)c2c1. The molecule has 35 heavy (non-hydrogen) atoms. The molecule has 2 aromatic heterocycles. The lowest BCUT2D eigenvalue weighted by Crippen LogP contribution is -2.06. The lowest BCUT2D eigenvalue weighted by molar-refractivity contribution is -0.131. The maximum absolute atomic E-state index is 11.4. The van der Waals surface area contributed by atoms with E-state index in [-0.39, 0.29) is 18.5 Å². The minimum atomic E-state index is -0.401. The van der Waals surface area contributed by atoms with Crippen LogP contribution >= 0.6 is 11.3 Å². The molecule has 180 valence electrons. The van der Waals surface area contributed by atoms with E-state index in [2.05, 4.69) is 25.6 Å². The average molecular weight is 494 g/mol. The molecule has 0 unspecified atom stereocenters. The summed E-state index contributed by atoms with van der Waals surface area (Å²) in [6.07, 6.45) is 0. The fourth-order valence-electron chi connectivity index (χ4n) is 3.17. The van der Waals surface area contributed by atoms with Gasteiger partial charge in [0, 0.05) is 36.4 Å². The highest BCUT2D eigenvalue weighted by Gasteiger charge is 2.13. The quantitative estimate of drug-likeness (QED) is 0.267. The Morgan fingerprint density at radius 1 is 1.06 bits per heavy atom. The first-order valence-corrected chi connectivity index (χ1v) is 11.5. The average Bonchev–Trinajstić information content (AvgIpc) is 3.26. The van der Waals surface area contributed by atoms with Crippen LogP contribution in [0.2, 0.25) is 0 Å². The maximum atomic E-state index is 11.4. The molecule has 2 aromatic carbocycles. The van der Waals surface area contributed by atoms with Gasteiger partial charge in [-0.2, -0.15) is 9.97 Å². The number of nitrogens with zero attached hydrogens (tertiary/aromatic N) is 3. The molecule has 11 heteroatoms. The highest BCUT2D eigenvalue weighted by atomic mass is 32.1. The molecule has 2 N–H and O–H groups in total. The van der Waals surface area contributed by atoms with Gasteiger partial charge in [-0.15, -0.1) is 11.3 Å². The molecule has 0 atom stereocenters. The second-order valence-electron chi connectivity index (χ2n) is 7.55. The van der Waals surface area contributed by atoms with E-state index in [0.717, 1.165) is 5.56 Å². The normalized spacial score (nSPS) is 10.6. The summed E-state index contributed by atoms with van der Waals surface area (Å²) >= 11 is 1.31. The summed E-state index contributed by atoms with van der Waals surface area (Å²) in [7, 11) is 1.58. The zero-order chi connectivity index (χ0) is 24.9. The first-order valence-electron chi connectivity index (χ1n) is 10.6. The van der Waals surface area contributed by atoms with Crippen LogP contribution in [0.5, 0.6) is 17.5 Å². The van der Waals surface area contributed by atoms with Crippen LogP contribution < -0.4 is 24.8 Å². The summed E-state index contributed by atoms with van der Waals surface area (Å²) < 4.78 is 16.5. The lowest BCUT2D eigenvalue weighted by Gasteiger charge is -2.13. The van der Waals surface area contributed by atoms with E-state index >= 15 is 0 Å². The molecule has 0 aliphatic heterocycles. The zero-order valence-electron chi connectivity index (χ0n) is 19.5. The predicted octanol–water partition coefficient (Wildman–Crippen LogP) is 4.61. The molecule has 4 aromatic rings. The van der Waals surface area contributed by atoms with Crippen LogP contribution in [0.1, 0.15) is 25.1 Å². The van der Waals surface area contributed by atoms with Crippen molar-refractivity contribution in [1.29, 1.82) is 0 Å². The molecule has 0 aliphatic rings. The zero-order valence-corrected chi connectivity index (χ0v) is 20.4. The second-order valence-corrected chi connectivity index (χ2v) is 8.41. The first kappa shape index (κ1) is 23.9. The predicted molar refractivity (Wildman–Crippen MR) is 133 cm³/mol. The largest absolute Gasteiger partial charge is 0.497 e. The molecular weight excluding hydrogens is 470 g/mol. The molecule has 0 spiro atoms. The van der Waals surface area contributed by atoms with Crippen LogP contribution in [0, 0.1) is 6.92 Å². The number of esters is 1. The Kier molecular flexibility index (Phi) is 7.06. The number of fused-ring (bicyclic) bond motifs is 1. The highest BCUT2D eigenvalue weighted by molar-refractivity contribution is 7.13. The number of benzene rings is 2. The first-order chi connectivity index (χ1) is 16.8. The minimum absolute atomic E-state index is 0.123. The monoisotopic (exact) mass is 493 g/mol. The molecule has 10 nitrogen and oxygen atoms in total. The van der Waals surface area contributed by atoms with Crippen molar-refractivity contribution in [1.82, 2.24) is 15.0 Å². The van der Waals surface area contributed by atoms with Crippen LogP contribution in [0.4, 0.5) is 16.6 Å². The smallest absolute Gasteiger partial charge is 0.319 e. The molecule has 2 heterocycles. The number of hydrogen-bond acceptors (Lipinski definition) is 10. The number of methoxy groups -OCH3 is 1. The molecule has 0 bridgehead atoms. The highest BCUT2D eigenvalue weighted by Crippen LogP contribution is 2.31. The van der Waals surface area contributed by atoms with E-state index in [9.17, 15) is 9.59 Å². The van der Waals surface area contributed by atoms with Crippen molar-refractivity contribution in [3.8, 4) is 17.5 Å². The summed E-state index contributed by atoms with van der Waals surface area (Å²) in [4.78, 5) is 36.0. The number of carbonyl (C=O) groups is 2. The van der Waals surface area contributed by atoms with Crippen LogP contribution in [-0.2, 0) is 16.2 Å².